The second-order valence-electron chi connectivity index (χ2n) is 5.91. The van der Waals surface area contributed by atoms with Crippen LogP contribution in [-0.4, -0.2) is 41.7 Å². The van der Waals surface area contributed by atoms with Gasteiger partial charge in [-0.1, -0.05) is 48.0 Å². The highest BCUT2D eigenvalue weighted by Gasteiger charge is 2.21. The van der Waals surface area contributed by atoms with Crippen molar-refractivity contribution >= 4 is 17.5 Å². The minimum Gasteiger partial charge on any atom is -0.482 e. The monoisotopic (exact) mass is 345 g/mol. The molecule has 5 heteroatoms. The molecule has 0 radical (unpaired) electrons. The largest absolute Gasteiger partial charge is 0.482 e. The van der Waals surface area contributed by atoms with Crippen LogP contribution in [0.25, 0.3) is 11.1 Å². The summed E-state index contributed by atoms with van der Waals surface area (Å²) in [6.07, 6.45) is 0.950. The van der Waals surface area contributed by atoms with E-state index in [-0.39, 0.29) is 18.6 Å². The van der Waals surface area contributed by atoms with Crippen LogP contribution in [0.1, 0.15) is 12.8 Å². The maximum atomic E-state index is 12.2. The van der Waals surface area contributed by atoms with Gasteiger partial charge in [0.15, 0.2) is 6.61 Å². The molecular formula is C19H20ClNO3. The molecule has 1 N–H and O–H groups in total. The molecule has 0 saturated carbocycles. The summed E-state index contributed by atoms with van der Waals surface area (Å²) in [5.41, 5.74) is 2.08. The number of nitrogens with zero attached hydrogens (tertiary/aromatic N) is 1. The SMILES string of the molecule is O=C(COc1ccc(-c2ccccc2)cc1Cl)N1CCC(O)CC1. The number of benzene rings is 2. The highest BCUT2D eigenvalue weighted by molar-refractivity contribution is 6.32. The van der Waals surface area contributed by atoms with E-state index in [0.717, 1.165) is 11.1 Å². The number of halogens is 1. The fraction of sp³-hybridized carbons (Fsp3) is 0.316. The van der Waals surface area contributed by atoms with Gasteiger partial charge in [0, 0.05) is 13.1 Å². The highest BCUT2D eigenvalue weighted by atomic mass is 35.5. The number of ether oxygens (including phenoxy) is 1. The first-order chi connectivity index (χ1) is 11.6. The summed E-state index contributed by atoms with van der Waals surface area (Å²) in [5, 5.41) is 9.97. The third kappa shape index (κ3) is 4.08. The third-order valence-electron chi connectivity index (χ3n) is 4.21. The van der Waals surface area contributed by atoms with E-state index >= 15 is 0 Å². The first-order valence-corrected chi connectivity index (χ1v) is 8.45. The van der Waals surface area contributed by atoms with Gasteiger partial charge in [0.1, 0.15) is 5.75 Å². The molecule has 4 nitrogen and oxygen atoms in total. The lowest BCUT2D eigenvalue weighted by molar-refractivity contribution is -0.135. The fourth-order valence-corrected chi connectivity index (χ4v) is 3.01. The highest BCUT2D eigenvalue weighted by Crippen LogP contribution is 2.30. The van der Waals surface area contributed by atoms with Crippen LogP contribution < -0.4 is 4.74 Å². The molecule has 0 aromatic heterocycles. The van der Waals surface area contributed by atoms with Crippen molar-refractivity contribution in [2.24, 2.45) is 0 Å². The van der Waals surface area contributed by atoms with Gasteiger partial charge in [-0.3, -0.25) is 4.79 Å². The van der Waals surface area contributed by atoms with Crippen molar-refractivity contribution < 1.29 is 14.6 Å². The third-order valence-corrected chi connectivity index (χ3v) is 4.50. The molecule has 2 aromatic rings. The van der Waals surface area contributed by atoms with Crippen LogP contribution in [0, 0.1) is 0 Å². The van der Waals surface area contributed by atoms with Crippen LogP contribution in [0.15, 0.2) is 48.5 Å². The van der Waals surface area contributed by atoms with Crippen molar-refractivity contribution in [1.29, 1.82) is 0 Å². The molecule has 0 spiro atoms. The number of likely N-dealkylation sites (tertiary alicyclic amines) is 1. The summed E-state index contributed by atoms with van der Waals surface area (Å²) in [6.45, 7) is 1.11. The Hall–Kier alpha value is -2.04. The standard InChI is InChI=1S/C19H20ClNO3/c20-17-12-15(14-4-2-1-3-5-14)6-7-18(17)24-13-19(23)21-10-8-16(22)9-11-21/h1-7,12,16,22H,8-11,13H2. The zero-order chi connectivity index (χ0) is 16.9. The molecule has 0 unspecified atom stereocenters. The molecule has 1 fully saturated rings. The van der Waals surface area contributed by atoms with E-state index < -0.39 is 0 Å². The van der Waals surface area contributed by atoms with Gasteiger partial charge in [0.2, 0.25) is 0 Å². The number of hydrogen-bond acceptors (Lipinski definition) is 3. The number of aliphatic hydroxyl groups excluding tert-OH is 1. The summed E-state index contributed by atoms with van der Waals surface area (Å²) in [7, 11) is 0. The first-order valence-electron chi connectivity index (χ1n) is 8.07. The summed E-state index contributed by atoms with van der Waals surface area (Å²) in [5.74, 6) is 0.423. The lowest BCUT2D eigenvalue weighted by Gasteiger charge is -2.29. The smallest absolute Gasteiger partial charge is 0.260 e. The summed E-state index contributed by atoms with van der Waals surface area (Å²) in [6, 6.07) is 15.5. The van der Waals surface area contributed by atoms with Crippen molar-refractivity contribution in [1.82, 2.24) is 4.90 Å². The molecule has 126 valence electrons. The number of hydrogen-bond donors (Lipinski definition) is 1. The Balaban J connectivity index is 1.60. The van der Waals surface area contributed by atoms with Crippen molar-refractivity contribution in [3.63, 3.8) is 0 Å². The number of piperidine rings is 1. The lowest BCUT2D eigenvalue weighted by atomic mass is 10.1. The maximum Gasteiger partial charge on any atom is 0.260 e. The van der Waals surface area contributed by atoms with Crippen LogP contribution >= 0.6 is 11.6 Å². The van der Waals surface area contributed by atoms with Crippen LogP contribution in [0.2, 0.25) is 5.02 Å². The van der Waals surface area contributed by atoms with Gasteiger partial charge in [0.25, 0.3) is 5.91 Å². The fourth-order valence-electron chi connectivity index (χ4n) is 2.77. The second kappa shape index (κ2) is 7.69. The molecular weight excluding hydrogens is 326 g/mol. The Morgan fingerprint density at radius 1 is 1.12 bits per heavy atom. The first kappa shape index (κ1) is 16.8. The second-order valence-corrected chi connectivity index (χ2v) is 6.32. The van der Waals surface area contributed by atoms with Crippen molar-refractivity contribution in [3.05, 3.63) is 53.6 Å². The van der Waals surface area contributed by atoms with Gasteiger partial charge in [-0.25, -0.2) is 0 Å². The zero-order valence-corrected chi connectivity index (χ0v) is 14.1. The molecule has 1 saturated heterocycles. The molecule has 3 rings (SSSR count). The Labute approximate surface area is 146 Å². The van der Waals surface area contributed by atoms with Crippen LogP contribution in [-0.2, 0) is 4.79 Å². The van der Waals surface area contributed by atoms with Gasteiger partial charge in [0.05, 0.1) is 11.1 Å². The topological polar surface area (TPSA) is 49.8 Å². The van der Waals surface area contributed by atoms with Gasteiger partial charge >= 0.3 is 0 Å². The summed E-state index contributed by atoms with van der Waals surface area (Å²) < 4.78 is 5.58. The van der Waals surface area contributed by atoms with Crippen LogP contribution in [0.3, 0.4) is 0 Å². The predicted octanol–water partition coefficient (Wildman–Crippen LogP) is 3.37. The van der Waals surface area contributed by atoms with Crippen molar-refractivity contribution in [2.45, 2.75) is 18.9 Å². The molecule has 1 aliphatic heterocycles. The Morgan fingerprint density at radius 3 is 2.50 bits per heavy atom. The Bertz CT molecular complexity index is 697. The van der Waals surface area contributed by atoms with Gasteiger partial charge in [-0.15, -0.1) is 0 Å². The molecule has 1 heterocycles. The van der Waals surface area contributed by atoms with E-state index in [1.807, 2.05) is 42.5 Å². The molecule has 24 heavy (non-hydrogen) atoms. The molecule has 1 amide bonds. The van der Waals surface area contributed by atoms with E-state index in [0.29, 0.717) is 36.7 Å². The number of amides is 1. The van der Waals surface area contributed by atoms with Crippen LogP contribution in [0.4, 0.5) is 0 Å². The maximum absolute atomic E-state index is 12.2. The Morgan fingerprint density at radius 2 is 1.83 bits per heavy atom. The number of rotatable bonds is 4. The van der Waals surface area contributed by atoms with Crippen LogP contribution in [0.5, 0.6) is 5.75 Å². The number of carbonyl (C=O) groups is 1. The van der Waals surface area contributed by atoms with E-state index in [9.17, 15) is 9.90 Å². The van der Waals surface area contributed by atoms with Crippen molar-refractivity contribution in [2.75, 3.05) is 19.7 Å². The zero-order valence-electron chi connectivity index (χ0n) is 13.3. The molecule has 0 atom stereocenters. The molecule has 1 aliphatic rings. The Kier molecular flexibility index (Phi) is 5.38. The van der Waals surface area contributed by atoms with Gasteiger partial charge in [-0.2, -0.15) is 0 Å². The number of aliphatic hydroxyl groups is 1. The minimum atomic E-state index is -0.296. The summed E-state index contributed by atoms with van der Waals surface area (Å²) in [4.78, 5) is 13.9. The normalized spacial score (nSPS) is 15.3. The van der Waals surface area contributed by atoms with E-state index in [2.05, 4.69) is 0 Å². The number of carbonyl (C=O) groups excluding carboxylic acids is 1. The lowest BCUT2D eigenvalue weighted by Crippen LogP contribution is -2.42. The average Bonchev–Trinajstić information content (AvgIpc) is 2.62. The molecule has 0 bridgehead atoms. The van der Waals surface area contributed by atoms with E-state index in [4.69, 9.17) is 16.3 Å². The molecule has 0 aliphatic carbocycles. The van der Waals surface area contributed by atoms with Gasteiger partial charge < -0.3 is 14.7 Å². The quantitative estimate of drug-likeness (QED) is 0.924. The van der Waals surface area contributed by atoms with Crippen molar-refractivity contribution in [3.8, 4) is 16.9 Å². The van der Waals surface area contributed by atoms with E-state index in [1.165, 1.54) is 0 Å². The average molecular weight is 346 g/mol. The molecule has 2 aromatic carbocycles. The predicted molar refractivity (Wildman–Crippen MR) is 94.2 cm³/mol. The van der Waals surface area contributed by atoms with Gasteiger partial charge in [-0.05, 0) is 36.1 Å². The van der Waals surface area contributed by atoms with E-state index in [1.54, 1.807) is 11.0 Å². The minimum absolute atomic E-state index is 0.0412. The summed E-state index contributed by atoms with van der Waals surface area (Å²) >= 11 is 6.28.